The van der Waals surface area contributed by atoms with Gasteiger partial charge in [0.15, 0.2) is 0 Å². The van der Waals surface area contributed by atoms with Crippen molar-refractivity contribution in [3.63, 3.8) is 0 Å². The van der Waals surface area contributed by atoms with E-state index in [2.05, 4.69) is 11.0 Å². The van der Waals surface area contributed by atoms with Gasteiger partial charge in [-0.1, -0.05) is 0 Å². The predicted molar refractivity (Wildman–Crippen MR) is 72.4 cm³/mol. The van der Waals surface area contributed by atoms with Gasteiger partial charge < -0.3 is 14.4 Å². The third-order valence-corrected chi connectivity index (χ3v) is 2.86. The molecule has 18 heavy (non-hydrogen) atoms. The minimum absolute atomic E-state index is 0.571. The molecule has 0 aliphatic heterocycles. The molecule has 0 aliphatic rings. The van der Waals surface area contributed by atoms with Crippen LogP contribution in [0.4, 0.5) is 5.69 Å². The summed E-state index contributed by atoms with van der Waals surface area (Å²) in [5.41, 5.74) is 2.15. The second-order valence-corrected chi connectivity index (χ2v) is 4.18. The largest absolute Gasteiger partial charge is 0.497 e. The van der Waals surface area contributed by atoms with Gasteiger partial charge in [0.1, 0.15) is 11.5 Å². The van der Waals surface area contributed by atoms with E-state index in [0.29, 0.717) is 6.42 Å². The number of anilines is 1. The molecule has 0 aliphatic carbocycles. The van der Waals surface area contributed by atoms with Gasteiger partial charge in [-0.15, -0.1) is 0 Å². The van der Waals surface area contributed by atoms with Crippen molar-refractivity contribution in [2.24, 2.45) is 0 Å². The molecule has 4 nitrogen and oxygen atoms in total. The highest BCUT2D eigenvalue weighted by molar-refractivity contribution is 5.65. The van der Waals surface area contributed by atoms with Crippen LogP contribution >= 0.6 is 0 Å². The zero-order valence-corrected chi connectivity index (χ0v) is 11.5. The fourth-order valence-corrected chi connectivity index (χ4v) is 1.99. The number of benzene rings is 1. The van der Waals surface area contributed by atoms with Crippen molar-refractivity contribution in [3.8, 4) is 17.6 Å². The smallest absolute Gasteiger partial charge is 0.146 e. The molecule has 1 aromatic carbocycles. The zero-order chi connectivity index (χ0) is 13.5. The van der Waals surface area contributed by atoms with Crippen LogP contribution in [0.5, 0.6) is 11.5 Å². The van der Waals surface area contributed by atoms with Crippen molar-refractivity contribution in [1.82, 2.24) is 0 Å². The molecule has 98 valence electrons. The van der Waals surface area contributed by atoms with Crippen molar-refractivity contribution in [2.45, 2.75) is 19.8 Å². The Hall–Kier alpha value is -1.89. The first kappa shape index (κ1) is 14.2. The van der Waals surface area contributed by atoms with E-state index in [9.17, 15) is 0 Å². The summed E-state index contributed by atoms with van der Waals surface area (Å²) < 4.78 is 10.6. The Morgan fingerprint density at radius 3 is 2.56 bits per heavy atom. The van der Waals surface area contributed by atoms with E-state index in [1.54, 1.807) is 14.2 Å². The first-order valence-electron chi connectivity index (χ1n) is 5.94. The van der Waals surface area contributed by atoms with Gasteiger partial charge in [0.2, 0.25) is 0 Å². The van der Waals surface area contributed by atoms with Gasteiger partial charge in [-0.2, -0.15) is 5.26 Å². The molecule has 1 aromatic rings. The molecule has 1 rings (SSSR count). The fraction of sp³-hybridized carbons (Fsp3) is 0.500. The molecule has 0 atom stereocenters. The molecule has 4 heteroatoms. The Morgan fingerprint density at radius 2 is 2.00 bits per heavy atom. The molecule has 0 aromatic heterocycles. The Labute approximate surface area is 109 Å². The third kappa shape index (κ3) is 3.30. The van der Waals surface area contributed by atoms with Crippen LogP contribution in [0.15, 0.2) is 12.1 Å². The van der Waals surface area contributed by atoms with Crippen LogP contribution in [0.2, 0.25) is 0 Å². The molecule has 0 unspecified atom stereocenters. The molecule has 0 bridgehead atoms. The summed E-state index contributed by atoms with van der Waals surface area (Å²) in [6, 6.07) is 6.02. The van der Waals surface area contributed by atoms with Crippen molar-refractivity contribution in [3.05, 3.63) is 17.7 Å². The monoisotopic (exact) mass is 248 g/mol. The summed E-state index contributed by atoms with van der Waals surface area (Å²) in [4.78, 5) is 2.12. The van der Waals surface area contributed by atoms with Gasteiger partial charge in [-0.05, 0) is 25.0 Å². The van der Waals surface area contributed by atoms with Crippen molar-refractivity contribution in [1.29, 1.82) is 5.26 Å². The Balaban J connectivity index is 2.96. The molecule has 0 heterocycles. The lowest BCUT2D eigenvalue weighted by Crippen LogP contribution is -2.20. The van der Waals surface area contributed by atoms with Gasteiger partial charge >= 0.3 is 0 Å². The van der Waals surface area contributed by atoms with E-state index in [1.165, 1.54) is 0 Å². The number of nitrogens with zero attached hydrogens (tertiary/aromatic N) is 2. The summed E-state index contributed by atoms with van der Waals surface area (Å²) in [5, 5.41) is 8.56. The Bertz CT molecular complexity index is 438. The number of nitriles is 1. The standard InChI is InChI=1S/C14H20N2O2/c1-11-9-12(17-3)10-13(18-4)14(11)16(2)8-6-5-7-15/h9-10H,5-6,8H2,1-4H3. The summed E-state index contributed by atoms with van der Waals surface area (Å²) in [6.07, 6.45) is 1.42. The number of methoxy groups -OCH3 is 2. The number of aryl methyl sites for hydroxylation is 1. The van der Waals surface area contributed by atoms with Gasteiger partial charge in [0.25, 0.3) is 0 Å². The second kappa shape index (κ2) is 6.75. The predicted octanol–water partition coefficient (Wildman–Crippen LogP) is 2.75. The van der Waals surface area contributed by atoms with Crippen LogP contribution in [0, 0.1) is 18.3 Å². The van der Waals surface area contributed by atoms with E-state index in [0.717, 1.165) is 35.7 Å². The lowest BCUT2D eigenvalue weighted by atomic mass is 10.1. The Kier molecular flexibility index (Phi) is 5.31. The van der Waals surface area contributed by atoms with E-state index in [1.807, 2.05) is 26.1 Å². The van der Waals surface area contributed by atoms with Crippen molar-refractivity contribution >= 4 is 5.69 Å². The maximum atomic E-state index is 8.56. The van der Waals surface area contributed by atoms with E-state index < -0.39 is 0 Å². The summed E-state index contributed by atoms with van der Waals surface area (Å²) in [6.45, 7) is 2.86. The molecule has 0 amide bonds. The van der Waals surface area contributed by atoms with Crippen LogP contribution in [0.25, 0.3) is 0 Å². The maximum absolute atomic E-state index is 8.56. The maximum Gasteiger partial charge on any atom is 0.146 e. The minimum Gasteiger partial charge on any atom is -0.497 e. The zero-order valence-electron chi connectivity index (χ0n) is 11.5. The van der Waals surface area contributed by atoms with Crippen LogP contribution in [-0.2, 0) is 0 Å². The molecular formula is C14H20N2O2. The molecule has 0 N–H and O–H groups in total. The highest BCUT2D eigenvalue weighted by atomic mass is 16.5. The molecule has 0 fully saturated rings. The highest BCUT2D eigenvalue weighted by Crippen LogP contribution is 2.35. The first-order valence-corrected chi connectivity index (χ1v) is 5.94. The topological polar surface area (TPSA) is 45.5 Å². The SMILES string of the molecule is COc1cc(C)c(N(C)CCCC#N)c(OC)c1. The van der Waals surface area contributed by atoms with Crippen LogP contribution in [0.3, 0.4) is 0 Å². The number of hydrogen-bond donors (Lipinski definition) is 0. The molecule has 0 saturated carbocycles. The van der Waals surface area contributed by atoms with Gasteiger partial charge in [-0.25, -0.2) is 0 Å². The van der Waals surface area contributed by atoms with E-state index in [4.69, 9.17) is 14.7 Å². The van der Waals surface area contributed by atoms with Crippen molar-refractivity contribution in [2.75, 3.05) is 32.7 Å². The number of hydrogen-bond acceptors (Lipinski definition) is 4. The quantitative estimate of drug-likeness (QED) is 0.726. The van der Waals surface area contributed by atoms with E-state index in [-0.39, 0.29) is 0 Å². The minimum atomic E-state index is 0.571. The normalized spacial score (nSPS) is 9.72. The molecule has 0 saturated heterocycles. The molecular weight excluding hydrogens is 228 g/mol. The van der Waals surface area contributed by atoms with Gasteiger partial charge in [0, 0.05) is 26.1 Å². The number of rotatable bonds is 6. The number of ether oxygens (including phenoxy) is 2. The lowest BCUT2D eigenvalue weighted by Gasteiger charge is -2.24. The first-order chi connectivity index (χ1) is 8.63. The third-order valence-electron chi connectivity index (χ3n) is 2.86. The molecule has 0 spiro atoms. The summed E-state index contributed by atoms with van der Waals surface area (Å²) >= 11 is 0. The van der Waals surface area contributed by atoms with E-state index >= 15 is 0 Å². The lowest BCUT2D eigenvalue weighted by molar-refractivity contribution is 0.394. The van der Waals surface area contributed by atoms with Gasteiger partial charge in [0.05, 0.1) is 26.0 Å². The average Bonchev–Trinajstić information content (AvgIpc) is 2.37. The summed E-state index contributed by atoms with van der Waals surface area (Å²) in [5.74, 6) is 1.59. The second-order valence-electron chi connectivity index (χ2n) is 4.18. The van der Waals surface area contributed by atoms with Crippen molar-refractivity contribution < 1.29 is 9.47 Å². The fourth-order valence-electron chi connectivity index (χ4n) is 1.99. The Morgan fingerprint density at radius 1 is 1.28 bits per heavy atom. The van der Waals surface area contributed by atoms with Gasteiger partial charge in [-0.3, -0.25) is 0 Å². The number of unbranched alkanes of at least 4 members (excludes halogenated alkanes) is 1. The average molecular weight is 248 g/mol. The highest BCUT2D eigenvalue weighted by Gasteiger charge is 2.13. The van der Waals surface area contributed by atoms with Crippen LogP contribution < -0.4 is 14.4 Å². The van der Waals surface area contributed by atoms with Crippen LogP contribution in [-0.4, -0.2) is 27.8 Å². The summed E-state index contributed by atoms with van der Waals surface area (Å²) in [7, 11) is 5.31. The van der Waals surface area contributed by atoms with Crippen LogP contribution in [0.1, 0.15) is 18.4 Å². The molecule has 0 radical (unpaired) electrons.